The van der Waals surface area contributed by atoms with E-state index < -0.39 is 15.8 Å². The SMILES string of the molecule is CCCn1cc(S(=O)(=O)Nc2ccc(N)cc2F)nc1C. The van der Waals surface area contributed by atoms with Crippen LogP contribution in [0.15, 0.2) is 29.4 Å². The van der Waals surface area contributed by atoms with Crippen molar-refractivity contribution in [2.45, 2.75) is 31.8 Å². The van der Waals surface area contributed by atoms with Crippen LogP contribution in [0.1, 0.15) is 19.2 Å². The second-order valence-electron chi connectivity index (χ2n) is 4.66. The Morgan fingerprint density at radius 2 is 2.14 bits per heavy atom. The summed E-state index contributed by atoms with van der Waals surface area (Å²) >= 11 is 0. The first-order valence-electron chi connectivity index (χ1n) is 6.45. The zero-order chi connectivity index (χ0) is 15.6. The highest BCUT2D eigenvalue weighted by molar-refractivity contribution is 7.92. The summed E-state index contributed by atoms with van der Waals surface area (Å²) in [5, 5.41) is -0.135. The summed E-state index contributed by atoms with van der Waals surface area (Å²) in [6.45, 7) is 4.37. The maximum atomic E-state index is 13.7. The van der Waals surface area contributed by atoms with Crippen molar-refractivity contribution in [2.24, 2.45) is 0 Å². The number of sulfonamides is 1. The third-order valence-corrected chi connectivity index (χ3v) is 4.17. The molecule has 3 N–H and O–H groups in total. The van der Waals surface area contributed by atoms with Gasteiger partial charge in [0.25, 0.3) is 10.0 Å². The van der Waals surface area contributed by atoms with Crippen molar-refractivity contribution in [2.75, 3.05) is 10.5 Å². The van der Waals surface area contributed by atoms with Crippen molar-refractivity contribution in [1.82, 2.24) is 9.55 Å². The van der Waals surface area contributed by atoms with Crippen molar-refractivity contribution in [1.29, 1.82) is 0 Å². The van der Waals surface area contributed by atoms with E-state index in [4.69, 9.17) is 5.73 Å². The molecular weight excluding hydrogens is 295 g/mol. The summed E-state index contributed by atoms with van der Waals surface area (Å²) in [6.07, 6.45) is 2.30. The summed E-state index contributed by atoms with van der Waals surface area (Å²) < 4.78 is 42.0. The van der Waals surface area contributed by atoms with Gasteiger partial charge in [-0.05, 0) is 31.5 Å². The number of aromatic nitrogens is 2. The molecule has 21 heavy (non-hydrogen) atoms. The topological polar surface area (TPSA) is 90.0 Å². The van der Waals surface area contributed by atoms with Crippen LogP contribution < -0.4 is 10.5 Å². The fourth-order valence-corrected chi connectivity index (χ4v) is 2.97. The van der Waals surface area contributed by atoms with E-state index in [-0.39, 0.29) is 16.4 Å². The Kier molecular flexibility index (Phi) is 4.17. The fraction of sp³-hybridized carbons (Fsp3) is 0.308. The molecule has 0 bridgehead atoms. The van der Waals surface area contributed by atoms with Crippen molar-refractivity contribution < 1.29 is 12.8 Å². The summed E-state index contributed by atoms with van der Waals surface area (Å²) in [4.78, 5) is 4.01. The fourth-order valence-electron chi connectivity index (χ4n) is 1.89. The van der Waals surface area contributed by atoms with Crippen LogP contribution in [0.5, 0.6) is 0 Å². The number of nitrogen functional groups attached to an aromatic ring is 1. The van der Waals surface area contributed by atoms with Crippen molar-refractivity contribution in [3.8, 4) is 0 Å². The molecule has 2 aromatic rings. The van der Waals surface area contributed by atoms with Crippen LogP contribution in [0, 0.1) is 12.7 Å². The van der Waals surface area contributed by atoms with Gasteiger partial charge in [0.05, 0.1) is 5.69 Å². The quantitative estimate of drug-likeness (QED) is 0.828. The van der Waals surface area contributed by atoms with Gasteiger partial charge in [-0.2, -0.15) is 8.42 Å². The predicted molar refractivity (Wildman–Crippen MR) is 78.9 cm³/mol. The molecule has 0 saturated carbocycles. The lowest BCUT2D eigenvalue weighted by molar-refractivity contribution is 0.595. The van der Waals surface area contributed by atoms with E-state index in [9.17, 15) is 12.8 Å². The largest absolute Gasteiger partial charge is 0.399 e. The van der Waals surface area contributed by atoms with E-state index >= 15 is 0 Å². The minimum absolute atomic E-state index is 0.135. The van der Waals surface area contributed by atoms with Crippen LogP contribution in [-0.4, -0.2) is 18.0 Å². The number of nitrogens with one attached hydrogen (secondary N) is 1. The van der Waals surface area contributed by atoms with Gasteiger partial charge < -0.3 is 10.3 Å². The molecule has 0 fully saturated rings. The highest BCUT2D eigenvalue weighted by atomic mass is 32.2. The van der Waals surface area contributed by atoms with Gasteiger partial charge in [-0.1, -0.05) is 6.92 Å². The second kappa shape index (κ2) is 5.72. The third-order valence-electron chi connectivity index (χ3n) is 2.93. The van der Waals surface area contributed by atoms with Crippen molar-refractivity contribution >= 4 is 21.4 Å². The lowest BCUT2D eigenvalue weighted by Crippen LogP contribution is -2.14. The molecule has 0 spiro atoms. The maximum Gasteiger partial charge on any atom is 0.281 e. The molecule has 0 aliphatic heterocycles. The summed E-state index contributed by atoms with van der Waals surface area (Å²) in [7, 11) is -3.93. The monoisotopic (exact) mass is 312 g/mol. The molecule has 0 aliphatic rings. The molecule has 0 saturated heterocycles. The molecule has 0 unspecified atom stereocenters. The Morgan fingerprint density at radius 3 is 2.76 bits per heavy atom. The van der Waals surface area contributed by atoms with Crippen LogP contribution in [0.4, 0.5) is 15.8 Å². The standard InChI is InChI=1S/C13H17FN4O2S/c1-3-6-18-8-13(16-9(18)2)21(19,20)17-12-5-4-10(15)7-11(12)14/h4-5,7-8,17H,3,6,15H2,1-2H3. The van der Waals surface area contributed by atoms with Gasteiger partial charge in [0.15, 0.2) is 5.03 Å². The molecule has 1 heterocycles. The van der Waals surface area contributed by atoms with Crippen LogP contribution in [0.25, 0.3) is 0 Å². The van der Waals surface area contributed by atoms with Crippen LogP contribution in [-0.2, 0) is 16.6 Å². The number of imidazole rings is 1. The summed E-state index contributed by atoms with van der Waals surface area (Å²) in [5.74, 6) is -0.140. The first-order chi connectivity index (χ1) is 9.83. The average molecular weight is 312 g/mol. The number of nitrogens with zero attached hydrogens (tertiary/aromatic N) is 2. The number of nitrogens with two attached hydrogens (primary N) is 1. The molecule has 114 valence electrons. The molecule has 6 nitrogen and oxygen atoms in total. The second-order valence-corrected chi connectivity index (χ2v) is 6.29. The highest BCUT2D eigenvalue weighted by Crippen LogP contribution is 2.21. The average Bonchev–Trinajstić information content (AvgIpc) is 2.76. The minimum atomic E-state index is -3.93. The van der Waals surface area contributed by atoms with E-state index in [1.54, 1.807) is 11.5 Å². The van der Waals surface area contributed by atoms with Gasteiger partial charge in [-0.25, -0.2) is 9.37 Å². The summed E-state index contributed by atoms with van der Waals surface area (Å²) in [6, 6.07) is 3.75. The first kappa shape index (κ1) is 15.3. The Balaban J connectivity index is 2.32. The van der Waals surface area contributed by atoms with Crippen LogP contribution in [0.2, 0.25) is 0 Å². The van der Waals surface area contributed by atoms with Crippen LogP contribution in [0.3, 0.4) is 0 Å². The highest BCUT2D eigenvalue weighted by Gasteiger charge is 2.20. The lowest BCUT2D eigenvalue weighted by atomic mass is 10.3. The normalized spacial score (nSPS) is 11.6. The van der Waals surface area contributed by atoms with E-state index in [0.717, 1.165) is 12.5 Å². The number of anilines is 2. The van der Waals surface area contributed by atoms with E-state index in [2.05, 4.69) is 9.71 Å². The Labute approximate surface area is 122 Å². The summed E-state index contributed by atoms with van der Waals surface area (Å²) in [5.41, 5.74) is 5.49. The molecular formula is C13H17FN4O2S. The number of halogens is 1. The number of benzene rings is 1. The Hall–Kier alpha value is -2.09. The number of aryl methyl sites for hydroxylation is 2. The number of hydrogen-bond donors (Lipinski definition) is 2. The molecule has 0 radical (unpaired) electrons. The van der Waals surface area contributed by atoms with E-state index in [0.29, 0.717) is 12.4 Å². The van der Waals surface area contributed by atoms with Crippen molar-refractivity contribution in [3.63, 3.8) is 0 Å². The van der Waals surface area contributed by atoms with E-state index in [1.807, 2.05) is 6.92 Å². The zero-order valence-corrected chi connectivity index (χ0v) is 12.6. The third kappa shape index (κ3) is 3.33. The predicted octanol–water partition coefficient (Wildman–Crippen LogP) is 2.12. The number of hydrogen-bond acceptors (Lipinski definition) is 4. The van der Waals surface area contributed by atoms with Gasteiger partial charge in [0.2, 0.25) is 0 Å². The molecule has 1 aromatic carbocycles. The molecule has 8 heteroatoms. The van der Waals surface area contributed by atoms with Gasteiger partial charge in [-0.15, -0.1) is 0 Å². The van der Waals surface area contributed by atoms with Crippen LogP contribution >= 0.6 is 0 Å². The Bertz CT molecular complexity index is 756. The zero-order valence-electron chi connectivity index (χ0n) is 11.8. The van der Waals surface area contributed by atoms with Gasteiger partial charge in [0, 0.05) is 18.4 Å². The minimum Gasteiger partial charge on any atom is -0.399 e. The molecule has 2 rings (SSSR count). The van der Waals surface area contributed by atoms with Gasteiger partial charge in [0.1, 0.15) is 11.6 Å². The lowest BCUT2D eigenvalue weighted by Gasteiger charge is -2.07. The van der Waals surface area contributed by atoms with Gasteiger partial charge >= 0.3 is 0 Å². The van der Waals surface area contributed by atoms with Gasteiger partial charge in [-0.3, -0.25) is 4.72 Å². The van der Waals surface area contributed by atoms with E-state index in [1.165, 1.54) is 18.3 Å². The molecule has 0 amide bonds. The molecule has 0 aliphatic carbocycles. The molecule has 0 atom stereocenters. The maximum absolute atomic E-state index is 13.7. The number of rotatable bonds is 5. The Morgan fingerprint density at radius 1 is 1.43 bits per heavy atom. The smallest absolute Gasteiger partial charge is 0.281 e. The van der Waals surface area contributed by atoms with Crippen molar-refractivity contribution in [3.05, 3.63) is 36.0 Å². The molecule has 1 aromatic heterocycles. The first-order valence-corrected chi connectivity index (χ1v) is 7.93.